The third-order valence-corrected chi connectivity index (χ3v) is 4.14. The van der Waals surface area contributed by atoms with Crippen molar-refractivity contribution in [2.75, 3.05) is 19.0 Å². The molecule has 1 atom stereocenters. The van der Waals surface area contributed by atoms with Crippen LogP contribution in [0.2, 0.25) is 0 Å². The Bertz CT molecular complexity index is 770. The van der Waals surface area contributed by atoms with E-state index in [2.05, 4.69) is 19.2 Å². The van der Waals surface area contributed by atoms with Gasteiger partial charge < -0.3 is 19.9 Å². The summed E-state index contributed by atoms with van der Waals surface area (Å²) in [4.78, 5) is 23.9. The summed E-state index contributed by atoms with van der Waals surface area (Å²) < 4.78 is 9.89. The molecule has 0 saturated heterocycles. The van der Waals surface area contributed by atoms with E-state index < -0.39 is 18.5 Å². The minimum absolute atomic E-state index is 0.0310. The minimum Gasteiger partial charge on any atom is -0.507 e. The average Bonchev–Trinajstić information content (AvgIpc) is 2.65. The molecular weight excluding hydrogens is 334 g/mol. The fourth-order valence-corrected chi connectivity index (χ4v) is 2.35. The number of phenols is 1. The zero-order chi connectivity index (χ0) is 19.1. The molecular formula is C20H23NO5. The summed E-state index contributed by atoms with van der Waals surface area (Å²) in [5.74, 6) is -0.638. The van der Waals surface area contributed by atoms with Crippen LogP contribution in [-0.2, 0) is 9.53 Å². The van der Waals surface area contributed by atoms with Crippen molar-refractivity contribution in [1.82, 2.24) is 0 Å². The summed E-state index contributed by atoms with van der Waals surface area (Å²) in [5, 5.41) is 12.5. The van der Waals surface area contributed by atoms with Gasteiger partial charge in [0.15, 0.2) is 6.61 Å². The second-order valence-corrected chi connectivity index (χ2v) is 5.94. The molecule has 6 heteroatoms. The van der Waals surface area contributed by atoms with Crippen molar-refractivity contribution >= 4 is 17.6 Å². The van der Waals surface area contributed by atoms with Crippen LogP contribution in [0.5, 0.6) is 11.5 Å². The lowest BCUT2D eigenvalue weighted by atomic mass is 9.99. The van der Waals surface area contributed by atoms with Crippen molar-refractivity contribution in [1.29, 1.82) is 0 Å². The molecule has 6 nitrogen and oxygen atoms in total. The first-order chi connectivity index (χ1) is 12.4. The summed E-state index contributed by atoms with van der Waals surface area (Å²) in [6, 6.07) is 11.8. The van der Waals surface area contributed by atoms with E-state index in [4.69, 9.17) is 9.47 Å². The topological polar surface area (TPSA) is 84.9 Å². The predicted octanol–water partition coefficient (Wildman–Crippen LogP) is 3.71. The molecule has 0 aliphatic heterocycles. The van der Waals surface area contributed by atoms with Gasteiger partial charge in [-0.05, 0) is 42.2 Å². The number of esters is 1. The molecule has 2 N–H and O–H groups in total. The number of hydrogen-bond acceptors (Lipinski definition) is 5. The van der Waals surface area contributed by atoms with Crippen LogP contribution in [0, 0.1) is 0 Å². The van der Waals surface area contributed by atoms with E-state index in [-0.39, 0.29) is 11.3 Å². The largest absolute Gasteiger partial charge is 0.507 e. The first-order valence-electron chi connectivity index (χ1n) is 8.38. The Morgan fingerprint density at radius 1 is 1.15 bits per heavy atom. The van der Waals surface area contributed by atoms with Gasteiger partial charge in [0.25, 0.3) is 5.91 Å². The maximum atomic E-state index is 12.0. The number of carbonyl (C=O) groups excluding carboxylic acids is 2. The smallest absolute Gasteiger partial charge is 0.342 e. The molecule has 2 rings (SSSR count). The van der Waals surface area contributed by atoms with E-state index in [1.54, 1.807) is 0 Å². The molecule has 0 radical (unpaired) electrons. The molecule has 2 aromatic carbocycles. The van der Waals surface area contributed by atoms with E-state index in [0.29, 0.717) is 17.4 Å². The normalized spacial score (nSPS) is 11.5. The number of aromatic hydroxyl groups is 1. The lowest BCUT2D eigenvalue weighted by Crippen LogP contribution is -2.21. The van der Waals surface area contributed by atoms with Crippen molar-refractivity contribution in [2.24, 2.45) is 0 Å². The summed E-state index contributed by atoms with van der Waals surface area (Å²) in [7, 11) is 1.45. The van der Waals surface area contributed by atoms with E-state index in [1.807, 2.05) is 24.3 Å². The Balaban J connectivity index is 1.89. The molecule has 0 aliphatic carbocycles. The zero-order valence-electron chi connectivity index (χ0n) is 15.1. The first kappa shape index (κ1) is 19.3. The van der Waals surface area contributed by atoms with Crippen molar-refractivity contribution in [3.8, 4) is 11.5 Å². The second kappa shape index (κ2) is 8.89. The summed E-state index contributed by atoms with van der Waals surface area (Å²) in [6.07, 6.45) is 1.04. The molecule has 0 saturated carbocycles. The Morgan fingerprint density at radius 2 is 1.85 bits per heavy atom. The van der Waals surface area contributed by atoms with Gasteiger partial charge in [-0.2, -0.15) is 0 Å². The fourth-order valence-electron chi connectivity index (χ4n) is 2.35. The van der Waals surface area contributed by atoms with Gasteiger partial charge in [-0.3, -0.25) is 4.79 Å². The van der Waals surface area contributed by atoms with Crippen LogP contribution in [0.1, 0.15) is 42.1 Å². The van der Waals surface area contributed by atoms with Crippen LogP contribution in [0.3, 0.4) is 0 Å². The summed E-state index contributed by atoms with van der Waals surface area (Å²) in [6.45, 7) is 3.81. The van der Waals surface area contributed by atoms with Crippen molar-refractivity contribution in [3.63, 3.8) is 0 Å². The second-order valence-electron chi connectivity index (χ2n) is 5.94. The van der Waals surface area contributed by atoms with Crippen LogP contribution in [0.15, 0.2) is 42.5 Å². The number of phenolic OH excluding ortho intramolecular Hbond substituents is 1. The lowest BCUT2D eigenvalue weighted by Gasteiger charge is -2.11. The number of hydrogen-bond donors (Lipinski definition) is 2. The Hall–Kier alpha value is -3.02. The van der Waals surface area contributed by atoms with Crippen LogP contribution < -0.4 is 10.1 Å². The van der Waals surface area contributed by atoms with Gasteiger partial charge in [0.05, 0.1) is 7.11 Å². The number of rotatable bonds is 7. The van der Waals surface area contributed by atoms with Gasteiger partial charge in [0, 0.05) is 11.8 Å². The SMILES string of the molecule is CC[C@@H](C)c1ccc(NC(=O)COC(=O)c2ccc(OC)cc2O)cc1. The van der Waals surface area contributed by atoms with Crippen LogP contribution >= 0.6 is 0 Å². The molecule has 26 heavy (non-hydrogen) atoms. The molecule has 0 aromatic heterocycles. The fraction of sp³-hybridized carbons (Fsp3) is 0.300. The minimum atomic E-state index is -0.785. The molecule has 0 unspecified atom stereocenters. The Kier molecular flexibility index (Phi) is 6.60. The third-order valence-electron chi connectivity index (χ3n) is 4.14. The Labute approximate surface area is 152 Å². The molecule has 0 fully saturated rings. The van der Waals surface area contributed by atoms with E-state index in [0.717, 1.165) is 6.42 Å². The highest BCUT2D eigenvalue weighted by Gasteiger charge is 2.15. The molecule has 2 aromatic rings. The summed E-state index contributed by atoms with van der Waals surface area (Å²) in [5.41, 5.74) is 1.80. The standard InChI is InChI=1S/C20H23NO5/c1-4-13(2)14-5-7-15(8-6-14)21-19(23)12-26-20(24)17-10-9-16(25-3)11-18(17)22/h5-11,13,22H,4,12H2,1-3H3,(H,21,23)/t13-/m1/s1. The highest BCUT2D eigenvalue weighted by Crippen LogP contribution is 2.24. The third kappa shape index (κ3) is 4.99. The number of ether oxygens (including phenoxy) is 2. The highest BCUT2D eigenvalue weighted by molar-refractivity contribution is 5.96. The molecule has 0 bridgehead atoms. The number of anilines is 1. The van der Waals surface area contributed by atoms with Crippen LogP contribution in [-0.4, -0.2) is 30.7 Å². The number of nitrogens with one attached hydrogen (secondary N) is 1. The summed E-state index contributed by atoms with van der Waals surface area (Å²) >= 11 is 0. The Morgan fingerprint density at radius 3 is 2.42 bits per heavy atom. The number of methoxy groups -OCH3 is 1. The van der Waals surface area contributed by atoms with E-state index in [1.165, 1.54) is 30.9 Å². The predicted molar refractivity (Wildman–Crippen MR) is 98.7 cm³/mol. The zero-order valence-corrected chi connectivity index (χ0v) is 15.1. The monoisotopic (exact) mass is 357 g/mol. The van der Waals surface area contributed by atoms with E-state index in [9.17, 15) is 14.7 Å². The van der Waals surface area contributed by atoms with Gasteiger partial charge in [0.2, 0.25) is 0 Å². The lowest BCUT2D eigenvalue weighted by molar-refractivity contribution is -0.119. The molecule has 0 heterocycles. The van der Waals surface area contributed by atoms with Crippen molar-refractivity contribution in [2.45, 2.75) is 26.2 Å². The highest BCUT2D eigenvalue weighted by atomic mass is 16.5. The average molecular weight is 357 g/mol. The van der Waals surface area contributed by atoms with E-state index >= 15 is 0 Å². The number of amides is 1. The molecule has 0 spiro atoms. The van der Waals surface area contributed by atoms with Crippen LogP contribution in [0.25, 0.3) is 0 Å². The van der Waals surface area contributed by atoms with Gasteiger partial charge in [-0.15, -0.1) is 0 Å². The van der Waals surface area contributed by atoms with Crippen molar-refractivity contribution in [3.05, 3.63) is 53.6 Å². The van der Waals surface area contributed by atoms with Crippen LogP contribution in [0.4, 0.5) is 5.69 Å². The number of benzene rings is 2. The van der Waals surface area contributed by atoms with Crippen molar-refractivity contribution < 1.29 is 24.2 Å². The maximum absolute atomic E-state index is 12.0. The number of carbonyl (C=O) groups is 2. The van der Waals surface area contributed by atoms with Gasteiger partial charge in [-0.1, -0.05) is 26.0 Å². The molecule has 138 valence electrons. The van der Waals surface area contributed by atoms with Gasteiger partial charge in [0.1, 0.15) is 17.1 Å². The molecule has 0 aliphatic rings. The quantitative estimate of drug-likeness (QED) is 0.738. The van der Waals surface area contributed by atoms with Gasteiger partial charge in [-0.25, -0.2) is 4.79 Å². The molecule has 1 amide bonds. The maximum Gasteiger partial charge on any atom is 0.342 e. The van der Waals surface area contributed by atoms with Gasteiger partial charge >= 0.3 is 5.97 Å². The first-order valence-corrected chi connectivity index (χ1v) is 8.38.